The number of hydrogen-bond donors (Lipinski definition) is 1. The molecule has 0 aliphatic carbocycles. The number of carbonyl (C=O) groups is 1. The number of carbonyl (C=O) groups excluding carboxylic acids is 1. The van der Waals surface area contributed by atoms with Crippen molar-refractivity contribution in [2.75, 3.05) is 38.6 Å². The van der Waals surface area contributed by atoms with E-state index in [2.05, 4.69) is 5.32 Å². The molecule has 1 saturated heterocycles. The number of rotatable bonds is 11. The van der Waals surface area contributed by atoms with Crippen molar-refractivity contribution >= 4 is 31.6 Å². The van der Waals surface area contributed by atoms with Crippen LogP contribution in [0.3, 0.4) is 0 Å². The summed E-state index contributed by atoms with van der Waals surface area (Å²) in [4.78, 5) is 12.9. The Morgan fingerprint density at radius 2 is 1.57 bits per heavy atom. The van der Waals surface area contributed by atoms with Crippen molar-refractivity contribution < 1.29 is 26.4 Å². The van der Waals surface area contributed by atoms with Crippen molar-refractivity contribution in [2.24, 2.45) is 0 Å². The molecule has 11 heteroatoms. The van der Waals surface area contributed by atoms with Crippen LogP contribution in [0.25, 0.3) is 0 Å². The highest BCUT2D eigenvalue weighted by Gasteiger charge is 2.28. The fourth-order valence-corrected chi connectivity index (χ4v) is 7.11. The van der Waals surface area contributed by atoms with Crippen LogP contribution in [0.1, 0.15) is 38.7 Å². The summed E-state index contributed by atoms with van der Waals surface area (Å²) < 4.78 is 59.2. The molecule has 3 rings (SSSR count). The van der Waals surface area contributed by atoms with E-state index in [0.29, 0.717) is 43.2 Å². The van der Waals surface area contributed by atoms with Crippen molar-refractivity contribution in [3.8, 4) is 5.75 Å². The lowest BCUT2D eigenvalue weighted by molar-refractivity contribution is -0.116. The third kappa shape index (κ3) is 6.21. The standard InChI is InChI=1S/C24H33N3O6S2/c1-4-26(5-2)34(29,30)21-11-9-20(10-12-21)25-24(28)15-8-19-18-22(13-14-23(19)33-3)35(31,32)27-16-6-7-17-27/h9-14,18H,4-8,15-17H2,1-3H3,(H,25,28). The van der Waals surface area contributed by atoms with Crippen molar-refractivity contribution in [3.63, 3.8) is 0 Å². The van der Waals surface area contributed by atoms with E-state index in [9.17, 15) is 21.6 Å². The van der Waals surface area contributed by atoms with Crippen molar-refractivity contribution in [2.45, 2.75) is 49.3 Å². The summed E-state index contributed by atoms with van der Waals surface area (Å²) in [5.74, 6) is 0.239. The van der Waals surface area contributed by atoms with Gasteiger partial charge in [0.25, 0.3) is 0 Å². The Hall–Kier alpha value is -2.47. The van der Waals surface area contributed by atoms with E-state index in [1.165, 1.54) is 33.9 Å². The number of nitrogens with zero attached hydrogens (tertiary/aromatic N) is 2. The first-order valence-corrected chi connectivity index (χ1v) is 14.6. The van der Waals surface area contributed by atoms with Gasteiger partial charge in [0.15, 0.2) is 0 Å². The monoisotopic (exact) mass is 523 g/mol. The molecule has 1 amide bonds. The number of amides is 1. The summed E-state index contributed by atoms with van der Waals surface area (Å²) in [7, 11) is -5.64. The molecule has 0 aromatic heterocycles. The molecule has 0 unspecified atom stereocenters. The Balaban J connectivity index is 1.67. The number of sulfonamides is 2. The van der Waals surface area contributed by atoms with Crippen LogP contribution in [-0.2, 0) is 31.3 Å². The molecule has 0 atom stereocenters. The molecule has 0 bridgehead atoms. The second kappa shape index (κ2) is 11.5. The highest BCUT2D eigenvalue weighted by atomic mass is 32.2. The molecule has 192 valence electrons. The molecular formula is C24H33N3O6S2. The molecule has 2 aromatic rings. The zero-order valence-corrected chi connectivity index (χ0v) is 22.0. The molecule has 0 radical (unpaired) electrons. The molecular weight excluding hydrogens is 490 g/mol. The second-order valence-corrected chi connectivity index (χ2v) is 12.1. The number of hydrogen-bond acceptors (Lipinski definition) is 6. The number of nitrogens with one attached hydrogen (secondary N) is 1. The van der Waals surface area contributed by atoms with E-state index in [4.69, 9.17) is 4.74 Å². The van der Waals surface area contributed by atoms with Gasteiger partial charge in [-0.3, -0.25) is 4.79 Å². The number of anilines is 1. The van der Waals surface area contributed by atoms with Gasteiger partial charge in [-0.2, -0.15) is 8.61 Å². The van der Waals surface area contributed by atoms with Crippen LogP contribution in [0.4, 0.5) is 5.69 Å². The summed E-state index contributed by atoms with van der Waals surface area (Å²) in [5, 5.41) is 2.76. The van der Waals surface area contributed by atoms with Gasteiger partial charge in [0, 0.05) is 38.3 Å². The van der Waals surface area contributed by atoms with Crippen LogP contribution >= 0.6 is 0 Å². The topological polar surface area (TPSA) is 113 Å². The van der Waals surface area contributed by atoms with Crippen molar-refractivity contribution in [1.29, 1.82) is 0 Å². The van der Waals surface area contributed by atoms with Gasteiger partial charge < -0.3 is 10.1 Å². The Morgan fingerprint density at radius 1 is 0.971 bits per heavy atom. The number of benzene rings is 2. The Bertz CT molecular complexity index is 1230. The zero-order valence-electron chi connectivity index (χ0n) is 20.4. The van der Waals surface area contributed by atoms with E-state index in [-0.39, 0.29) is 28.5 Å². The van der Waals surface area contributed by atoms with Crippen molar-refractivity contribution in [1.82, 2.24) is 8.61 Å². The fraction of sp³-hybridized carbons (Fsp3) is 0.458. The average Bonchev–Trinajstić information content (AvgIpc) is 3.39. The van der Waals surface area contributed by atoms with Gasteiger partial charge in [-0.25, -0.2) is 16.8 Å². The minimum atomic E-state index is -3.57. The molecule has 1 aliphatic heterocycles. The minimum Gasteiger partial charge on any atom is -0.496 e. The average molecular weight is 524 g/mol. The van der Waals surface area contributed by atoms with Crippen LogP contribution in [0, 0.1) is 0 Å². The van der Waals surface area contributed by atoms with Crippen LogP contribution in [-0.4, -0.2) is 64.6 Å². The van der Waals surface area contributed by atoms with Gasteiger partial charge in [0.05, 0.1) is 16.9 Å². The lowest BCUT2D eigenvalue weighted by atomic mass is 10.1. The van der Waals surface area contributed by atoms with Crippen molar-refractivity contribution in [3.05, 3.63) is 48.0 Å². The zero-order chi connectivity index (χ0) is 25.6. The van der Waals surface area contributed by atoms with Crippen LogP contribution in [0.15, 0.2) is 52.3 Å². The molecule has 1 N–H and O–H groups in total. The number of ether oxygens (including phenoxy) is 1. The molecule has 0 spiro atoms. The molecule has 1 aliphatic rings. The van der Waals surface area contributed by atoms with E-state index < -0.39 is 20.0 Å². The normalized spacial score (nSPS) is 14.9. The van der Waals surface area contributed by atoms with Gasteiger partial charge in [0.2, 0.25) is 26.0 Å². The molecule has 0 saturated carbocycles. The minimum absolute atomic E-state index is 0.100. The van der Waals surface area contributed by atoms with E-state index >= 15 is 0 Å². The predicted molar refractivity (Wildman–Crippen MR) is 134 cm³/mol. The summed E-state index contributed by atoms with van der Waals surface area (Å²) in [6, 6.07) is 10.8. The SMILES string of the molecule is CCN(CC)S(=O)(=O)c1ccc(NC(=O)CCc2cc(S(=O)(=O)N3CCCC3)ccc2OC)cc1. The third-order valence-corrected chi connectivity index (χ3v) is 10.0. The van der Waals surface area contributed by atoms with E-state index in [0.717, 1.165) is 12.8 Å². The molecule has 1 fully saturated rings. The quantitative estimate of drug-likeness (QED) is 0.484. The van der Waals surface area contributed by atoms with Gasteiger partial charge in [-0.1, -0.05) is 13.8 Å². The lowest BCUT2D eigenvalue weighted by Gasteiger charge is -2.18. The first-order valence-electron chi connectivity index (χ1n) is 11.7. The van der Waals surface area contributed by atoms with Gasteiger partial charge in [0.1, 0.15) is 5.75 Å². The van der Waals surface area contributed by atoms with Gasteiger partial charge in [-0.05, 0) is 67.3 Å². The Kier molecular flexibility index (Phi) is 8.92. The van der Waals surface area contributed by atoms with Crippen LogP contribution in [0.5, 0.6) is 5.75 Å². The third-order valence-electron chi connectivity index (χ3n) is 6.06. The predicted octanol–water partition coefficient (Wildman–Crippen LogP) is 3.08. The second-order valence-electron chi connectivity index (χ2n) is 8.25. The molecule has 1 heterocycles. The summed E-state index contributed by atoms with van der Waals surface area (Å²) in [5.41, 5.74) is 1.11. The molecule has 35 heavy (non-hydrogen) atoms. The summed E-state index contributed by atoms with van der Waals surface area (Å²) >= 11 is 0. The fourth-order valence-electron chi connectivity index (χ4n) is 4.08. The highest BCUT2D eigenvalue weighted by Crippen LogP contribution is 2.27. The van der Waals surface area contributed by atoms with E-state index in [1.807, 2.05) is 0 Å². The largest absolute Gasteiger partial charge is 0.496 e. The first kappa shape index (κ1) is 27.1. The number of aryl methyl sites for hydroxylation is 1. The number of methoxy groups -OCH3 is 1. The van der Waals surface area contributed by atoms with E-state index in [1.54, 1.807) is 38.1 Å². The Labute approximate surface area is 208 Å². The van der Waals surface area contributed by atoms with Gasteiger partial charge in [-0.15, -0.1) is 0 Å². The van der Waals surface area contributed by atoms with Crippen LogP contribution < -0.4 is 10.1 Å². The first-order chi connectivity index (χ1) is 16.6. The molecule has 9 nitrogen and oxygen atoms in total. The lowest BCUT2D eigenvalue weighted by Crippen LogP contribution is -2.30. The smallest absolute Gasteiger partial charge is 0.243 e. The summed E-state index contributed by atoms with van der Waals surface area (Å²) in [6.07, 6.45) is 2.09. The van der Waals surface area contributed by atoms with Crippen LogP contribution in [0.2, 0.25) is 0 Å². The Morgan fingerprint density at radius 3 is 2.14 bits per heavy atom. The maximum absolute atomic E-state index is 12.9. The maximum atomic E-state index is 12.9. The maximum Gasteiger partial charge on any atom is 0.243 e. The molecule has 2 aromatic carbocycles. The highest BCUT2D eigenvalue weighted by molar-refractivity contribution is 7.89. The van der Waals surface area contributed by atoms with Gasteiger partial charge >= 0.3 is 0 Å². The summed E-state index contributed by atoms with van der Waals surface area (Å²) in [6.45, 7) is 5.34.